The molecule has 3 aromatic rings. The number of benzene rings is 1. The van der Waals surface area contributed by atoms with Crippen LogP contribution in [0.4, 0.5) is 5.82 Å². The molecule has 1 fully saturated rings. The van der Waals surface area contributed by atoms with Crippen LogP contribution in [0.5, 0.6) is 0 Å². The molecule has 1 unspecified atom stereocenters. The smallest absolute Gasteiger partial charge is 0.158 e. The first kappa shape index (κ1) is 16.0. The fourth-order valence-electron chi connectivity index (χ4n) is 3.66. The van der Waals surface area contributed by atoms with Gasteiger partial charge in [-0.25, -0.2) is 9.97 Å². The van der Waals surface area contributed by atoms with Crippen LogP contribution < -0.4 is 4.90 Å². The third-order valence-electron chi connectivity index (χ3n) is 5.00. The summed E-state index contributed by atoms with van der Waals surface area (Å²) in [5, 5.41) is 18.8. The largest absolute Gasteiger partial charge is 0.388 e. The maximum absolute atomic E-state index is 9.35. The summed E-state index contributed by atoms with van der Waals surface area (Å²) in [6.07, 6.45) is 3.78. The van der Waals surface area contributed by atoms with Gasteiger partial charge in [0.2, 0.25) is 0 Å². The number of rotatable bonds is 3. The summed E-state index contributed by atoms with van der Waals surface area (Å²) in [4.78, 5) is 11.3. The van der Waals surface area contributed by atoms with E-state index in [4.69, 9.17) is 0 Å². The summed E-state index contributed by atoms with van der Waals surface area (Å²) in [6.45, 7) is 3.82. The molecule has 25 heavy (non-hydrogen) atoms. The lowest BCUT2D eigenvalue weighted by atomic mass is 9.96. The van der Waals surface area contributed by atoms with Crippen molar-refractivity contribution in [2.45, 2.75) is 32.3 Å². The Labute approximate surface area is 146 Å². The summed E-state index contributed by atoms with van der Waals surface area (Å²) in [6, 6.07) is 6.28. The van der Waals surface area contributed by atoms with E-state index in [0.717, 1.165) is 48.5 Å². The molecule has 1 aromatic carbocycles. The van der Waals surface area contributed by atoms with Crippen LogP contribution in [0.25, 0.3) is 10.9 Å². The zero-order valence-corrected chi connectivity index (χ0v) is 14.6. The molecule has 1 atom stereocenters. The van der Waals surface area contributed by atoms with E-state index in [0.29, 0.717) is 5.82 Å². The molecule has 0 bridgehead atoms. The van der Waals surface area contributed by atoms with Gasteiger partial charge < -0.3 is 14.6 Å². The molecule has 0 spiro atoms. The van der Waals surface area contributed by atoms with Crippen LogP contribution >= 0.6 is 0 Å². The molecule has 0 aliphatic carbocycles. The molecule has 0 saturated carbocycles. The molecule has 3 heterocycles. The van der Waals surface area contributed by atoms with Crippen LogP contribution in [0, 0.1) is 6.92 Å². The minimum atomic E-state index is -0.0875. The van der Waals surface area contributed by atoms with Crippen molar-refractivity contribution in [3.63, 3.8) is 0 Å². The fraction of sp³-hybridized carbons (Fsp3) is 0.444. The molecule has 1 aliphatic rings. The predicted molar refractivity (Wildman–Crippen MR) is 95.4 cm³/mol. The Morgan fingerprint density at radius 2 is 2.12 bits per heavy atom. The van der Waals surface area contributed by atoms with E-state index >= 15 is 0 Å². The molecule has 0 amide bonds. The minimum absolute atomic E-state index is 0.0875. The summed E-state index contributed by atoms with van der Waals surface area (Å²) < 4.78 is 1.91. The van der Waals surface area contributed by atoms with Crippen LogP contribution in [0.1, 0.15) is 36.0 Å². The Bertz CT molecular complexity index is 906. The molecule has 7 nitrogen and oxygen atoms in total. The van der Waals surface area contributed by atoms with E-state index in [1.807, 2.05) is 17.7 Å². The first-order valence-electron chi connectivity index (χ1n) is 8.62. The van der Waals surface area contributed by atoms with Crippen LogP contribution in [0.2, 0.25) is 0 Å². The first-order valence-corrected chi connectivity index (χ1v) is 8.62. The van der Waals surface area contributed by atoms with E-state index < -0.39 is 0 Å². The third-order valence-corrected chi connectivity index (χ3v) is 5.00. The summed E-state index contributed by atoms with van der Waals surface area (Å²) >= 11 is 0. The van der Waals surface area contributed by atoms with Crippen LogP contribution in [-0.2, 0) is 13.7 Å². The van der Waals surface area contributed by atoms with Gasteiger partial charge in [0.1, 0.15) is 24.6 Å². The Kier molecular flexibility index (Phi) is 4.09. The number of hydrogen-bond donors (Lipinski definition) is 1. The molecular weight excluding hydrogens is 316 g/mol. The van der Waals surface area contributed by atoms with Crippen molar-refractivity contribution in [1.29, 1.82) is 0 Å². The highest BCUT2D eigenvalue weighted by Gasteiger charge is 2.27. The summed E-state index contributed by atoms with van der Waals surface area (Å²) in [5.74, 6) is 2.81. The summed E-state index contributed by atoms with van der Waals surface area (Å²) in [7, 11) is 1.92. The van der Waals surface area contributed by atoms with Gasteiger partial charge in [0.05, 0.1) is 5.52 Å². The molecule has 7 heteroatoms. The molecular formula is C18H22N6O. The Morgan fingerprint density at radius 1 is 1.24 bits per heavy atom. The topological polar surface area (TPSA) is 80.0 Å². The standard InChI is InChI=1S/C18H22N6O/c1-12-5-6-15-14(8-12)18(20-11-19-15)24-7-3-4-13(9-24)17-22-21-16(10-25)23(17)2/h5-6,8,11,13,25H,3-4,7,9-10H2,1-2H3. The van der Waals surface area contributed by atoms with Gasteiger partial charge in [0.25, 0.3) is 0 Å². The second-order valence-corrected chi connectivity index (χ2v) is 6.69. The average Bonchev–Trinajstić information content (AvgIpc) is 3.02. The Balaban J connectivity index is 1.68. The van der Waals surface area contributed by atoms with Crippen molar-refractivity contribution < 1.29 is 5.11 Å². The Morgan fingerprint density at radius 3 is 2.92 bits per heavy atom. The number of aliphatic hydroxyl groups is 1. The lowest BCUT2D eigenvalue weighted by Gasteiger charge is -2.33. The van der Waals surface area contributed by atoms with E-state index in [1.165, 1.54) is 5.56 Å². The number of piperidine rings is 1. The van der Waals surface area contributed by atoms with E-state index in [2.05, 4.69) is 44.1 Å². The molecule has 1 N–H and O–H groups in total. The van der Waals surface area contributed by atoms with Gasteiger partial charge in [-0.05, 0) is 31.9 Å². The van der Waals surface area contributed by atoms with Gasteiger partial charge in [-0.1, -0.05) is 11.6 Å². The van der Waals surface area contributed by atoms with Gasteiger partial charge >= 0.3 is 0 Å². The zero-order valence-electron chi connectivity index (χ0n) is 14.6. The quantitative estimate of drug-likeness (QED) is 0.786. The van der Waals surface area contributed by atoms with E-state index in [-0.39, 0.29) is 12.5 Å². The second kappa shape index (κ2) is 6.40. The number of aliphatic hydroxyl groups excluding tert-OH is 1. The lowest BCUT2D eigenvalue weighted by molar-refractivity contribution is 0.266. The van der Waals surface area contributed by atoms with Crippen molar-refractivity contribution in [2.75, 3.05) is 18.0 Å². The lowest BCUT2D eigenvalue weighted by Crippen LogP contribution is -2.36. The third kappa shape index (κ3) is 2.84. The zero-order chi connectivity index (χ0) is 17.4. The first-order chi connectivity index (χ1) is 12.2. The minimum Gasteiger partial charge on any atom is -0.388 e. The molecule has 2 aromatic heterocycles. The number of fused-ring (bicyclic) bond motifs is 1. The van der Waals surface area contributed by atoms with Crippen LogP contribution in [-0.4, -0.2) is 42.9 Å². The molecule has 4 rings (SSSR count). The number of aromatic nitrogens is 5. The van der Waals surface area contributed by atoms with Gasteiger partial charge in [-0.15, -0.1) is 10.2 Å². The number of anilines is 1. The van der Waals surface area contributed by atoms with Gasteiger partial charge in [-0.2, -0.15) is 0 Å². The van der Waals surface area contributed by atoms with Crippen molar-refractivity contribution in [3.05, 3.63) is 41.7 Å². The highest BCUT2D eigenvalue weighted by molar-refractivity contribution is 5.89. The highest BCUT2D eigenvalue weighted by atomic mass is 16.3. The van der Waals surface area contributed by atoms with E-state index in [9.17, 15) is 5.11 Å². The van der Waals surface area contributed by atoms with E-state index in [1.54, 1.807) is 6.33 Å². The van der Waals surface area contributed by atoms with Crippen molar-refractivity contribution in [3.8, 4) is 0 Å². The normalized spacial score (nSPS) is 18.0. The SMILES string of the molecule is Cc1ccc2ncnc(N3CCCC(c4nnc(CO)n4C)C3)c2c1. The van der Waals surface area contributed by atoms with Crippen molar-refractivity contribution in [2.24, 2.45) is 7.05 Å². The maximum Gasteiger partial charge on any atom is 0.158 e. The maximum atomic E-state index is 9.35. The van der Waals surface area contributed by atoms with Crippen LogP contribution in [0.3, 0.4) is 0 Å². The highest BCUT2D eigenvalue weighted by Crippen LogP contribution is 2.31. The van der Waals surface area contributed by atoms with Gasteiger partial charge in [-0.3, -0.25) is 0 Å². The van der Waals surface area contributed by atoms with Gasteiger partial charge in [0, 0.05) is 31.4 Å². The van der Waals surface area contributed by atoms with Gasteiger partial charge in [0.15, 0.2) is 5.82 Å². The van der Waals surface area contributed by atoms with Crippen molar-refractivity contribution >= 4 is 16.7 Å². The predicted octanol–water partition coefficient (Wildman–Crippen LogP) is 1.94. The number of nitrogens with zero attached hydrogens (tertiary/aromatic N) is 6. The average molecular weight is 338 g/mol. The summed E-state index contributed by atoms with van der Waals surface area (Å²) in [5.41, 5.74) is 2.18. The molecule has 130 valence electrons. The molecule has 0 radical (unpaired) electrons. The molecule has 1 saturated heterocycles. The number of hydrogen-bond acceptors (Lipinski definition) is 6. The number of aryl methyl sites for hydroxylation is 1. The molecule has 1 aliphatic heterocycles. The monoisotopic (exact) mass is 338 g/mol. The van der Waals surface area contributed by atoms with Crippen molar-refractivity contribution in [1.82, 2.24) is 24.7 Å². The second-order valence-electron chi connectivity index (χ2n) is 6.69. The fourth-order valence-corrected chi connectivity index (χ4v) is 3.66. The Hall–Kier alpha value is -2.54. The van der Waals surface area contributed by atoms with Crippen LogP contribution in [0.15, 0.2) is 24.5 Å².